The zero-order valence-corrected chi connectivity index (χ0v) is 12.2. The first-order valence-electron chi connectivity index (χ1n) is 5.66. The maximum absolute atomic E-state index is 11.9. The minimum atomic E-state index is -3.37. The monoisotopic (exact) mass is 289 g/mol. The zero-order chi connectivity index (χ0) is 13.6. The first kappa shape index (κ1) is 15.5. The van der Waals surface area contributed by atoms with Crippen molar-refractivity contribution >= 4 is 21.8 Å². The van der Waals surface area contributed by atoms with Crippen molar-refractivity contribution in [1.82, 2.24) is 4.72 Å². The highest BCUT2D eigenvalue weighted by Gasteiger charge is 2.21. The van der Waals surface area contributed by atoms with Gasteiger partial charge in [0, 0.05) is 11.3 Å². The lowest BCUT2D eigenvalue weighted by atomic mass is 10.2. The van der Waals surface area contributed by atoms with Crippen molar-refractivity contribution in [1.29, 1.82) is 0 Å². The number of hydrogen-bond donors (Lipinski definition) is 2. The summed E-state index contributed by atoms with van der Waals surface area (Å²) in [4.78, 5) is 0. The third kappa shape index (κ3) is 4.97. The van der Waals surface area contributed by atoms with Crippen molar-refractivity contribution < 1.29 is 13.5 Å². The Morgan fingerprint density at radius 2 is 1.94 bits per heavy atom. The maximum Gasteiger partial charge on any atom is 0.216 e. The Morgan fingerprint density at radius 3 is 2.44 bits per heavy atom. The van der Waals surface area contributed by atoms with Crippen LogP contribution in [0.25, 0.3) is 0 Å². The van der Waals surface area contributed by atoms with Gasteiger partial charge in [0.25, 0.3) is 0 Å². The van der Waals surface area contributed by atoms with Gasteiger partial charge < -0.3 is 5.11 Å². The van der Waals surface area contributed by atoms with E-state index in [1.807, 2.05) is 24.5 Å². The molecule has 0 heterocycles. The average molecular weight is 289 g/mol. The molecule has 0 amide bonds. The van der Waals surface area contributed by atoms with E-state index in [1.54, 1.807) is 19.1 Å². The van der Waals surface area contributed by atoms with Gasteiger partial charge >= 0.3 is 0 Å². The molecule has 1 aromatic rings. The highest BCUT2D eigenvalue weighted by molar-refractivity contribution is 7.99. The van der Waals surface area contributed by atoms with Crippen molar-refractivity contribution in [3.63, 3.8) is 0 Å². The Bertz CT molecular complexity index is 444. The quantitative estimate of drug-likeness (QED) is 0.792. The predicted molar refractivity (Wildman–Crippen MR) is 76.1 cm³/mol. The molecule has 0 aliphatic carbocycles. The molecule has 0 aliphatic heterocycles. The molecule has 0 bridgehead atoms. The molecular weight excluding hydrogens is 270 g/mol. The Hall–Kier alpha value is -0.560. The molecule has 1 aromatic carbocycles. The summed E-state index contributed by atoms with van der Waals surface area (Å²) in [6.07, 6.45) is 1.85. The molecule has 0 aliphatic rings. The Balaban J connectivity index is 2.65. The first-order chi connectivity index (χ1) is 8.48. The number of nitrogens with one attached hydrogen (secondary N) is 1. The summed E-state index contributed by atoms with van der Waals surface area (Å²) in [5.41, 5.74) is 0.752. The smallest absolute Gasteiger partial charge is 0.216 e. The SMILES string of the molecule is CS[C@H](CO)[C@@H](C)NS(=O)(=O)Cc1ccccc1. The molecule has 2 atom stereocenters. The predicted octanol–water partition coefficient (Wildman–Crippen LogP) is 1.22. The fraction of sp³-hybridized carbons (Fsp3) is 0.500. The molecule has 0 aromatic heterocycles. The van der Waals surface area contributed by atoms with Crippen LogP contribution >= 0.6 is 11.8 Å². The van der Waals surface area contributed by atoms with Crippen LogP contribution in [0.15, 0.2) is 30.3 Å². The second-order valence-corrected chi connectivity index (χ2v) is 6.94. The molecule has 4 nitrogen and oxygen atoms in total. The van der Waals surface area contributed by atoms with Gasteiger partial charge in [0.2, 0.25) is 10.0 Å². The van der Waals surface area contributed by atoms with Crippen LogP contribution in [0, 0.1) is 0 Å². The van der Waals surface area contributed by atoms with E-state index in [4.69, 9.17) is 5.11 Å². The summed E-state index contributed by atoms with van der Waals surface area (Å²) in [7, 11) is -3.37. The van der Waals surface area contributed by atoms with E-state index in [0.29, 0.717) is 0 Å². The lowest BCUT2D eigenvalue weighted by Crippen LogP contribution is -2.41. The van der Waals surface area contributed by atoms with E-state index in [1.165, 1.54) is 11.8 Å². The normalized spacial score (nSPS) is 15.3. The Labute approximate surface area is 113 Å². The highest BCUT2D eigenvalue weighted by Crippen LogP contribution is 2.12. The van der Waals surface area contributed by atoms with E-state index < -0.39 is 10.0 Å². The summed E-state index contributed by atoms with van der Waals surface area (Å²) < 4.78 is 26.5. The summed E-state index contributed by atoms with van der Waals surface area (Å²) in [6, 6.07) is 8.74. The summed E-state index contributed by atoms with van der Waals surface area (Å²) in [6.45, 7) is 1.72. The third-order valence-corrected chi connectivity index (χ3v) is 5.21. The summed E-state index contributed by atoms with van der Waals surface area (Å²) in [5, 5.41) is 9.00. The molecule has 0 radical (unpaired) electrons. The topological polar surface area (TPSA) is 66.4 Å². The number of sulfonamides is 1. The van der Waals surface area contributed by atoms with Crippen LogP contribution in [-0.4, -0.2) is 37.7 Å². The molecule has 0 spiro atoms. The Morgan fingerprint density at radius 1 is 1.33 bits per heavy atom. The van der Waals surface area contributed by atoms with Gasteiger partial charge in [0.15, 0.2) is 0 Å². The fourth-order valence-electron chi connectivity index (χ4n) is 1.63. The van der Waals surface area contributed by atoms with Crippen LogP contribution in [0.5, 0.6) is 0 Å². The van der Waals surface area contributed by atoms with Gasteiger partial charge in [0.1, 0.15) is 0 Å². The molecular formula is C12H19NO3S2. The van der Waals surface area contributed by atoms with Crippen molar-refractivity contribution in [2.75, 3.05) is 12.9 Å². The van der Waals surface area contributed by atoms with E-state index in [9.17, 15) is 8.42 Å². The van der Waals surface area contributed by atoms with Gasteiger partial charge in [-0.3, -0.25) is 0 Å². The fourth-order valence-corrected chi connectivity index (χ4v) is 3.79. The van der Waals surface area contributed by atoms with E-state index in [0.717, 1.165) is 5.56 Å². The molecule has 0 fully saturated rings. The number of thioether (sulfide) groups is 1. The van der Waals surface area contributed by atoms with Crippen molar-refractivity contribution in [3.8, 4) is 0 Å². The first-order valence-corrected chi connectivity index (χ1v) is 8.60. The molecule has 0 saturated heterocycles. The maximum atomic E-state index is 11.9. The summed E-state index contributed by atoms with van der Waals surface area (Å²) in [5.74, 6) is -0.0370. The molecule has 0 saturated carbocycles. The molecule has 6 heteroatoms. The molecule has 1 rings (SSSR count). The average Bonchev–Trinajstić information content (AvgIpc) is 2.30. The lowest BCUT2D eigenvalue weighted by molar-refractivity contribution is 0.282. The van der Waals surface area contributed by atoms with Crippen molar-refractivity contribution in [2.45, 2.75) is 24.0 Å². The third-order valence-electron chi connectivity index (χ3n) is 2.61. The minimum absolute atomic E-state index is 0.0370. The minimum Gasteiger partial charge on any atom is -0.395 e. The molecule has 2 N–H and O–H groups in total. The van der Waals surface area contributed by atoms with Crippen LogP contribution in [0.3, 0.4) is 0 Å². The van der Waals surface area contributed by atoms with Gasteiger partial charge in [0.05, 0.1) is 12.4 Å². The largest absolute Gasteiger partial charge is 0.395 e. The van der Waals surface area contributed by atoms with Crippen LogP contribution in [-0.2, 0) is 15.8 Å². The van der Waals surface area contributed by atoms with Gasteiger partial charge in [-0.2, -0.15) is 11.8 Å². The van der Waals surface area contributed by atoms with Gasteiger partial charge in [-0.15, -0.1) is 0 Å². The van der Waals surface area contributed by atoms with Crippen LogP contribution in [0.4, 0.5) is 0 Å². The highest BCUT2D eigenvalue weighted by atomic mass is 32.2. The number of aliphatic hydroxyl groups excluding tert-OH is 1. The second kappa shape index (κ2) is 7.13. The lowest BCUT2D eigenvalue weighted by Gasteiger charge is -2.21. The van der Waals surface area contributed by atoms with E-state index >= 15 is 0 Å². The number of aliphatic hydroxyl groups is 1. The second-order valence-electron chi connectivity index (χ2n) is 4.11. The zero-order valence-electron chi connectivity index (χ0n) is 10.5. The molecule has 18 heavy (non-hydrogen) atoms. The van der Waals surface area contributed by atoms with E-state index in [2.05, 4.69) is 4.72 Å². The number of rotatable bonds is 7. The standard InChI is InChI=1S/C12H19NO3S2/c1-10(12(8-14)17-2)13-18(15,16)9-11-6-4-3-5-7-11/h3-7,10,12-14H,8-9H2,1-2H3/t10-,12-/m1/s1. The van der Waals surface area contributed by atoms with Gasteiger partial charge in [-0.05, 0) is 18.7 Å². The van der Waals surface area contributed by atoms with Gasteiger partial charge in [-0.1, -0.05) is 30.3 Å². The van der Waals surface area contributed by atoms with Gasteiger partial charge in [-0.25, -0.2) is 13.1 Å². The number of benzene rings is 1. The molecule has 102 valence electrons. The number of hydrogen-bond acceptors (Lipinski definition) is 4. The Kier molecular flexibility index (Phi) is 6.14. The van der Waals surface area contributed by atoms with Crippen molar-refractivity contribution in [2.24, 2.45) is 0 Å². The summed E-state index contributed by atoms with van der Waals surface area (Å²) >= 11 is 1.45. The van der Waals surface area contributed by atoms with Crippen LogP contribution in [0.2, 0.25) is 0 Å². The molecule has 0 unspecified atom stereocenters. The van der Waals surface area contributed by atoms with Crippen LogP contribution in [0.1, 0.15) is 12.5 Å². The van der Waals surface area contributed by atoms with E-state index in [-0.39, 0.29) is 23.7 Å². The van der Waals surface area contributed by atoms with Crippen LogP contribution < -0.4 is 4.72 Å². The van der Waals surface area contributed by atoms with Crippen molar-refractivity contribution in [3.05, 3.63) is 35.9 Å².